The minimum atomic E-state index is -4.50. The van der Waals surface area contributed by atoms with Crippen molar-refractivity contribution in [2.24, 2.45) is 0 Å². The second-order valence-electron chi connectivity index (χ2n) is 7.81. The van der Waals surface area contributed by atoms with Crippen LogP contribution in [0.2, 0.25) is 0 Å². The molecular weight excluding hydrogens is 377 g/mol. The van der Waals surface area contributed by atoms with Gasteiger partial charge >= 0.3 is 6.18 Å². The molecule has 2 aliphatic rings. The number of fused-ring (bicyclic) bond motifs is 1. The van der Waals surface area contributed by atoms with Crippen LogP contribution in [0.15, 0.2) is 37.3 Å². The van der Waals surface area contributed by atoms with E-state index in [0.717, 1.165) is 48.2 Å². The van der Waals surface area contributed by atoms with E-state index in [9.17, 15) is 13.2 Å². The quantitative estimate of drug-likeness (QED) is 0.710. The lowest BCUT2D eigenvalue weighted by atomic mass is 9.82. The third kappa shape index (κ3) is 3.78. The Morgan fingerprint density at radius 3 is 2.52 bits per heavy atom. The molecule has 0 radical (unpaired) electrons. The van der Waals surface area contributed by atoms with Crippen molar-refractivity contribution in [2.75, 3.05) is 13.7 Å². The molecule has 0 saturated carbocycles. The van der Waals surface area contributed by atoms with Crippen molar-refractivity contribution in [3.05, 3.63) is 59.7 Å². The van der Waals surface area contributed by atoms with E-state index < -0.39 is 11.9 Å². The maximum Gasteiger partial charge on any atom is 0.435 e. The van der Waals surface area contributed by atoms with E-state index in [4.69, 9.17) is 0 Å². The molecule has 154 valence electrons. The molecule has 0 unspecified atom stereocenters. The fraction of sp³-hybridized carbons (Fsp3) is 0.409. The molecule has 0 spiro atoms. The van der Waals surface area contributed by atoms with Gasteiger partial charge < -0.3 is 9.80 Å². The summed E-state index contributed by atoms with van der Waals surface area (Å²) < 4.78 is 42.6. The molecule has 0 fully saturated rings. The van der Waals surface area contributed by atoms with Gasteiger partial charge in [0, 0.05) is 44.3 Å². The molecule has 0 atom stereocenters. The van der Waals surface area contributed by atoms with Gasteiger partial charge in [0.1, 0.15) is 0 Å². The van der Waals surface area contributed by atoms with Crippen LogP contribution in [-0.2, 0) is 25.7 Å². The van der Waals surface area contributed by atoms with Crippen LogP contribution in [0.4, 0.5) is 13.2 Å². The monoisotopic (exact) mass is 402 g/mol. The highest BCUT2D eigenvalue weighted by Gasteiger charge is 2.38. The SMILES string of the molecule is C=C1CCCc2c1cc(CN1C=CN(C)C1)cc2-c1cn(CC)nc1C(F)(F)F. The minimum Gasteiger partial charge on any atom is -0.362 e. The number of nitrogens with zero attached hydrogens (tertiary/aromatic N) is 4. The zero-order chi connectivity index (χ0) is 20.8. The molecule has 7 heteroatoms. The summed E-state index contributed by atoms with van der Waals surface area (Å²) in [6, 6.07) is 4.01. The molecule has 1 aromatic carbocycles. The third-order valence-electron chi connectivity index (χ3n) is 5.56. The van der Waals surface area contributed by atoms with E-state index in [2.05, 4.69) is 27.5 Å². The molecule has 4 nitrogen and oxygen atoms in total. The first kappa shape index (κ1) is 19.6. The van der Waals surface area contributed by atoms with Crippen LogP contribution >= 0.6 is 0 Å². The summed E-state index contributed by atoms with van der Waals surface area (Å²) in [6.07, 6.45) is 3.57. The first-order valence-electron chi connectivity index (χ1n) is 9.88. The van der Waals surface area contributed by atoms with Gasteiger partial charge in [0.15, 0.2) is 5.69 Å². The van der Waals surface area contributed by atoms with Gasteiger partial charge in [0.2, 0.25) is 0 Å². The van der Waals surface area contributed by atoms with Crippen molar-refractivity contribution in [1.82, 2.24) is 19.6 Å². The van der Waals surface area contributed by atoms with Gasteiger partial charge in [-0.25, -0.2) is 0 Å². The van der Waals surface area contributed by atoms with E-state index in [0.29, 0.717) is 18.7 Å². The van der Waals surface area contributed by atoms with Crippen LogP contribution in [0, 0.1) is 0 Å². The molecule has 1 aliphatic heterocycles. The lowest BCUT2D eigenvalue weighted by Gasteiger charge is -2.25. The number of hydrogen-bond donors (Lipinski definition) is 0. The molecule has 0 N–H and O–H groups in total. The van der Waals surface area contributed by atoms with Crippen molar-refractivity contribution >= 4 is 5.57 Å². The fourth-order valence-corrected chi connectivity index (χ4v) is 4.18. The first-order valence-corrected chi connectivity index (χ1v) is 9.88. The average Bonchev–Trinajstić information content (AvgIpc) is 3.28. The number of benzene rings is 1. The second-order valence-corrected chi connectivity index (χ2v) is 7.81. The molecule has 1 aromatic heterocycles. The van der Waals surface area contributed by atoms with E-state index in [1.165, 1.54) is 10.9 Å². The number of aryl methyl sites for hydroxylation is 1. The molecule has 0 amide bonds. The van der Waals surface area contributed by atoms with Crippen LogP contribution in [0.25, 0.3) is 16.7 Å². The van der Waals surface area contributed by atoms with Gasteiger partial charge in [0.25, 0.3) is 0 Å². The van der Waals surface area contributed by atoms with Crippen molar-refractivity contribution in [3.63, 3.8) is 0 Å². The smallest absolute Gasteiger partial charge is 0.362 e. The predicted molar refractivity (Wildman–Crippen MR) is 108 cm³/mol. The molecule has 0 saturated heterocycles. The van der Waals surface area contributed by atoms with Crippen LogP contribution < -0.4 is 0 Å². The maximum absolute atomic E-state index is 13.7. The highest BCUT2D eigenvalue weighted by Crippen LogP contribution is 2.42. The Kier molecular flexibility index (Phi) is 4.92. The van der Waals surface area contributed by atoms with E-state index in [1.54, 1.807) is 6.92 Å². The van der Waals surface area contributed by atoms with Crippen LogP contribution in [0.5, 0.6) is 0 Å². The summed E-state index contributed by atoms with van der Waals surface area (Å²) in [4.78, 5) is 4.20. The van der Waals surface area contributed by atoms with Gasteiger partial charge in [-0.15, -0.1) is 0 Å². The summed E-state index contributed by atoms with van der Waals surface area (Å²) in [5, 5.41) is 3.83. The van der Waals surface area contributed by atoms with Gasteiger partial charge in [-0.2, -0.15) is 18.3 Å². The second kappa shape index (κ2) is 7.28. The zero-order valence-electron chi connectivity index (χ0n) is 16.8. The molecular formula is C22H25F3N4. The lowest BCUT2D eigenvalue weighted by Crippen LogP contribution is -2.22. The average molecular weight is 402 g/mol. The number of hydrogen-bond acceptors (Lipinski definition) is 3. The van der Waals surface area contributed by atoms with Crippen LogP contribution in [0.1, 0.15) is 42.1 Å². The predicted octanol–water partition coefficient (Wildman–Crippen LogP) is 5.11. The van der Waals surface area contributed by atoms with E-state index in [-0.39, 0.29) is 5.56 Å². The molecule has 2 heterocycles. The Morgan fingerprint density at radius 1 is 1.10 bits per heavy atom. The molecule has 2 aromatic rings. The largest absolute Gasteiger partial charge is 0.435 e. The van der Waals surface area contributed by atoms with Gasteiger partial charge in [-0.1, -0.05) is 6.58 Å². The van der Waals surface area contributed by atoms with E-state index in [1.807, 2.05) is 25.5 Å². The van der Waals surface area contributed by atoms with Crippen molar-refractivity contribution in [1.29, 1.82) is 0 Å². The number of rotatable bonds is 4. The fourth-order valence-electron chi connectivity index (χ4n) is 4.18. The summed E-state index contributed by atoms with van der Waals surface area (Å²) >= 11 is 0. The van der Waals surface area contributed by atoms with Gasteiger partial charge in [-0.05, 0) is 66.1 Å². The Balaban J connectivity index is 1.85. The first-order chi connectivity index (χ1) is 13.8. The molecule has 4 rings (SSSR count). The summed E-state index contributed by atoms with van der Waals surface area (Å²) in [5.41, 5.74) is 3.94. The highest BCUT2D eigenvalue weighted by molar-refractivity contribution is 5.80. The Bertz CT molecular complexity index is 971. The summed E-state index contributed by atoms with van der Waals surface area (Å²) in [6.45, 7) is 7.77. The number of alkyl halides is 3. The number of allylic oxidation sites excluding steroid dienone is 1. The number of halogens is 3. The maximum atomic E-state index is 13.7. The van der Waals surface area contributed by atoms with Crippen molar-refractivity contribution in [2.45, 2.75) is 45.5 Å². The molecule has 29 heavy (non-hydrogen) atoms. The Morgan fingerprint density at radius 2 is 1.86 bits per heavy atom. The Hall–Kier alpha value is -2.70. The van der Waals surface area contributed by atoms with Crippen molar-refractivity contribution in [3.8, 4) is 11.1 Å². The lowest BCUT2D eigenvalue weighted by molar-refractivity contribution is -0.141. The van der Waals surface area contributed by atoms with E-state index >= 15 is 0 Å². The molecule has 1 aliphatic carbocycles. The topological polar surface area (TPSA) is 24.3 Å². The zero-order valence-corrected chi connectivity index (χ0v) is 16.8. The summed E-state index contributed by atoms with van der Waals surface area (Å²) in [7, 11) is 1.99. The van der Waals surface area contributed by atoms with Gasteiger partial charge in [0.05, 0.1) is 6.67 Å². The number of aromatic nitrogens is 2. The standard InChI is InChI=1S/C22H25F3N4/c1-4-29-13-20(21(26-29)22(23,24)25)19-11-16(12-28-9-8-27(3)14-28)10-18-15(2)6-5-7-17(18)19/h8-11,13H,2,4-7,12,14H2,1,3H3. The van der Waals surface area contributed by atoms with Crippen molar-refractivity contribution < 1.29 is 13.2 Å². The molecule has 0 bridgehead atoms. The van der Waals surface area contributed by atoms with Crippen LogP contribution in [-0.4, -0.2) is 33.3 Å². The normalized spacial score (nSPS) is 16.7. The Labute approximate surface area is 168 Å². The summed E-state index contributed by atoms with van der Waals surface area (Å²) in [5.74, 6) is 0. The highest BCUT2D eigenvalue weighted by atomic mass is 19.4. The van der Waals surface area contributed by atoms with Crippen LogP contribution in [0.3, 0.4) is 0 Å². The van der Waals surface area contributed by atoms with Gasteiger partial charge in [-0.3, -0.25) is 4.68 Å². The third-order valence-corrected chi connectivity index (χ3v) is 5.56. The minimum absolute atomic E-state index is 0.168.